The topological polar surface area (TPSA) is 58.4 Å². The van der Waals surface area contributed by atoms with Crippen LogP contribution in [-0.2, 0) is 4.79 Å². The number of hydrogen-bond donors (Lipinski definition) is 2. The normalized spacial score (nSPS) is 31.3. The number of likely N-dealkylation sites (tertiary alicyclic amines) is 1. The number of carbonyl (C=O) groups excluding carboxylic acids is 1. The van der Waals surface area contributed by atoms with Crippen molar-refractivity contribution >= 4 is 5.91 Å². The van der Waals surface area contributed by atoms with E-state index in [-0.39, 0.29) is 11.8 Å². The zero-order valence-corrected chi connectivity index (χ0v) is 10.7. The quantitative estimate of drug-likeness (QED) is 0.760. The van der Waals surface area contributed by atoms with Crippen molar-refractivity contribution < 1.29 is 4.79 Å². The fourth-order valence-corrected chi connectivity index (χ4v) is 3.00. The monoisotopic (exact) mass is 239 g/mol. The lowest BCUT2D eigenvalue weighted by atomic mass is 9.96. The van der Waals surface area contributed by atoms with Crippen molar-refractivity contribution in [1.29, 1.82) is 0 Å². The van der Waals surface area contributed by atoms with E-state index in [1.165, 1.54) is 32.2 Å². The Bertz CT molecular complexity index is 251. The summed E-state index contributed by atoms with van der Waals surface area (Å²) in [6, 6.07) is 0.692. The third kappa shape index (κ3) is 3.96. The summed E-state index contributed by atoms with van der Waals surface area (Å²) in [4.78, 5) is 13.6. The van der Waals surface area contributed by atoms with Gasteiger partial charge < -0.3 is 16.0 Å². The molecule has 2 fully saturated rings. The van der Waals surface area contributed by atoms with Crippen LogP contribution in [0.15, 0.2) is 0 Å². The molecular formula is C13H25N3O. The molecule has 2 rings (SSSR count). The number of hydrogen-bond acceptors (Lipinski definition) is 3. The molecule has 2 saturated heterocycles. The first-order valence-electron chi connectivity index (χ1n) is 7.01. The lowest BCUT2D eigenvalue weighted by Gasteiger charge is -2.33. The summed E-state index contributed by atoms with van der Waals surface area (Å²) in [5, 5.41) is 3.57. The fourth-order valence-electron chi connectivity index (χ4n) is 3.00. The number of rotatable bonds is 4. The van der Waals surface area contributed by atoms with E-state index in [1.807, 2.05) is 0 Å². The average Bonchev–Trinajstić information content (AvgIpc) is 2.38. The van der Waals surface area contributed by atoms with Gasteiger partial charge in [-0.1, -0.05) is 6.42 Å². The standard InChI is InChI=1S/C13H25N3O/c14-13(17)11-4-3-8-16(10-11)9-6-12-5-1-2-7-15-12/h11-12,15H,1-10H2,(H2,14,17). The van der Waals surface area contributed by atoms with Gasteiger partial charge >= 0.3 is 0 Å². The van der Waals surface area contributed by atoms with Crippen LogP contribution in [0.1, 0.15) is 38.5 Å². The van der Waals surface area contributed by atoms with Crippen molar-refractivity contribution in [3.05, 3.63) is 0 Å². The summed E-state index contributed by atoms with van der Waals surface area (Å²) < 4.78 is 0. The molecule has 0 radical (unpaired) electrons. The van der Waals surface area contributed by atoms with E-state index in [1.54, 1.807) is 0 Å². The van der Waals surface area contributed by atoms with E-state index in [2.05, 4.69) is 10.2 Å². The molecule has 3 N–H and O–H groups in total. The van der Waals surface area contributed by atoms with Gasteiger partial charge in [0.1, 0.15) is 0 Å². The van der Waals surface area contributed by atoms with Crippen LogP contribution >= 0.6 is 0 Å². The fraction of sp³-hybridized carbons (Fsp3) is 0.923. The van der Waals surface area contributed by atoms with E-state index < -0.39 is 0 Å². The minimum Gasteiger partial charge on any atom is -0.369 e. The summed E-state index contributed by atoms with van der Waals surface area (Å²) >= 11 is 0. The third-order valence-corrected chi connectivity index (χ3v) is 4.11. The summed E-state index contributed by atoms with van der Waals surface area (Å²) in [7, 11) is 0. The van der Waals surface area contributed by atoms with E-state index in [0.717, 1.165) is 32.5 Å². The highest BCUT2D eigenvalue weighted by Crippen LogP contribution is 2.17. The Labute approximate surface area is 104 Å². The Morgan fingerprint density at radius 1 is 1.29 bits per heavy atom. The van der Waals surface area contributed by atoms with Gasteiger partial charge in [-0.2, -0.15) is 0 Å². The Kier molecular flexibility index (Phi) is 4.80. The maximum Gasteiger partial charge on any atom is 0.221 e. The second-order valence-electron chi connectivity index (χ2n) is 5.48. The van der Waals surface area contributed by atoms with E-state index in [4.69, 9.17) is 5.73 Å². The molecule has 98 valence electrons. The number of primary amides is 1. The first kappa shape index (κ1) is 12.8. The molecule has 0 aromatic rings. The van der Waals surface area contributed by atoms with Gasteiger partial charge in [0.15, 0.2) is 0 Å². The third-order valence-electron chi connectivity index (χ3n) is 4.11. The second-order valence-corrected chi connectivity index (χ2v) is 5.48. The Morgan fingerprint density at radius 2 is 2.18 bits per heavy atom. The Morgan fingerprint density at radius 3 is 2.88 bits per heavy atom. The smallest absolute Gasteiger partial charge is 0.221 e. The summed E-state index contributed by atoms with van der Waals surface area (Å²) in [6.07, 6.45) is 7.31. The number of nitrogens with zero attached hydrogens (tertiary/aromatic N) is 1. The highest BCUT2D eigenvalue weighted by atomic mass is 16.1. The number of piperidine rings is 2. The molecule has 0 aromatic carbocycles. The molecule has 2 atom stereocenters. The minimum atomic E-state index is -0.120. The largest absolute Gasteiger partial charge is 0.369 e. The van der Waals surface area contributed by atoms with Crippen molar-refractivity contribution in [3.8, 4) is 0 Å². The Hall–Kier alpha value is -0.610. The van der Waals surface area contributed by atoms with Gasteiger partial charge in [0.05, 0.1) is 5.92 Å². The molecule has 2 heterocycles. The molecule has 4 nitrogen and oxygen atoms in total. The van der Waals surface area contributed by atoms with Crippen molar-refractivity contribution in [3.63, 3.8) is 0 Å². The van der Waals surface area contributed by atoms with Gasteiger partial charge in [-0.3, -0.25) is 4.79 Å². The highest BCUT2D eigenvalue weighted by Gasteiger charge is 2.24. The van der Waals surface area contributed by atoms with Crippen molar-refractivity contribution in [2.45, 2.75) is 44.6 Å². The number of nitrogens with one attached hydrogen (secondary N) is 1. The number of carbonyl (C=O) groups is 1. The van der Waals surface area contributed by atoms with Crippen LogP contribution in [0.2, 0.25) is 0 Å². The van der Waals surface area contributed by atoms with Crippen LogP contribution < -0.4 is 11.1 Å². The number of nitrogens with two attached hydrogens (primary N) is 1. The van der Waals surface area contributed by atoms with Crippen LogP contribution in [-0.4, -0.2) is 43.0 Å². The molecule has 4 heteroatoms. The van der Waals surface area contributed by atoms with Gasteiger partial charge in [-0.15, -0.1) is 0 Å². The van der Waals surface area contributed by atoms with Crippen LogP contribution in [0.3, 0.4) is 0 Å². The zero-order chi connectivity index (χ0) is 12.1. The van der Waals surface area contributed by atoms with Crippen molar-refractivity contribution in [2.24, 2.45) is 11.7 Å². The van der Waals surface area contributed by atoms with Gasteiger partial charge in [0.25, 0.3) is 0 Å². The minimum absolute atomic E-state index is 0.0862. The predicted octanol–water partition coefficient (Wildman–Crippen LogP) is 0.716. The van der Waals surface area contributed by atoms with Crippen molar-refractivity contribution in [1.82, 2.24) is 10.2 Å². The molecule has 2 unspecified atom stereocenters. The molecule has 1 amide bonds. The van der Waals surface area contributed by atoms with Crippen LogP contribution in [0, 0.1) is 5.92 Å². The van der Waals surface area contributed by atoms with Crippen LogP contribution in [0.5, 0.6) is 0 Å². The summed E-state index contributed by atoms with van der Waals surface area (Å²) in [5.41, 5.74) is 5.39. The second kappa shape index (κ2) is 6.36. The van der Waals surface area contributed by atoms with Crippen LogP contribution in [0.4, 0.5) is 0 Å². The lowest BCUT2D eigenvalue weighted by Crippen LogP contribution is -2.43. The molecule has 0 bridgehead atoms. The first-order chi connectivity index (χ1) is 8.25. The molecule has 0 aliphatic carbocycles. The maximum absolute atomic E-state index is 11.2. The van der Waals surface area contributed by atoms with Crippen molar-refractivity contribution in [2.75, 3.05) is 26.2 Å². The average molecular weight is 239 g/mol. The van der Waals surface area contributed by atoms with E-state index in [9.17, 15) is 4.79 Å². The Balaban J connectivity index is 1.69. The van der Waals surface area contributed by atoms with Gasteiger partial charge in [-0.05, 0) is 51.7 Å². The number of amides is 1. The molecule has 0 aromatic heterocycles. The molecule has 2 aliphatic rings. The molecular weight excluding hydrogens is 214 g/mol. The van der Waals surface area contributed by atoms with Gasteiger partial charge in [0.2, 0.25) is 5.91 Å². The lowest BCUT2D eigenvalue weighted by molar-refractivity contribution is -0.123. The zero-order valence-electron chi connectivity index (χ0n) is 10.7. The van der Waals surface area contributed by atoms with Gasteiger partial charge in [0, 0.05) is 12.6 Å². The predicted molar refractivity (Wildman–Crippen MR) is 68.6 cm³/mol. The van der Waals surface area contributed by atoms with Gasteiger partial charge in [-0.25, -0.2) is 0 Å². The summed E-state index contributed by atoms with van der Waals surface area (Å²) in [5.74, 6) is -0.0337. The maximum atomic E-state index is 11.2. The first-order valence-corrected chi connectivity index (χ1v) is 7.01. The van der Waals surface area contributed by atoms with E-state index in [0.29, 0.717) is 6.04 Å². The summed E-state index contributed by atoms with van der Waals surface area (Å²) in [6.45, 7) is 4.30. The molecule has 0 saturated carbocycles. The SMILES string of the molecule is NC(=O)C1CCCN(CCC2CCCCN2)C1. The van der Waals surface area contributed by atoms with E-state index >= 15 is 0 Å². The molecule has 2 aliphatic heterocycles. The molecule has 0 spiro atoms. The highest BCUT2D eigenvalue weighted by molar-refractivity contribution is 5.76. The van der Waals surface area contributed by atoms with Crippen LogP contribution in [0.25, 0.3) is 0 Å². The molecule has 17 heavy (non-hydrogen) atoms.